The van der Waals surface area contributed by atoms with Gasteiger partial charge < -0.3 is 10.5 Å². The first-order chi connectivity index (χ1) is 6.81. The van der Waals surface area contributed by atoms with E-state index in [1.54, 1.807) is 0 Å². The predicted molar refractivity (Wildman–Crippen MR) is 58.1 cm³/mol. The molecule has 2 N–H and O–H groups in total. The van der Waals surface area contributed by atoms with Crippen LogP contribution in [-0.2, 0) is 4.74 Å². The third-order valence-electron chi connectivity index (χ3n) is 4.04. The van der Waals surface area contributed by atoms with Crippen molar-refractivity contribution < 1.29 is 4.74 Å². The molecule has 0 spiro atoms. The molecule has 0 bridgehead atoms. The van der Waals surface area contributed by atoms with E-state index in [2.05, 4.69) is 6.92 Å². The SMILES string of the molecule is CCC1OCCC1C(N)CC1CCC1. The van der Waals surface area contributed by atoms with Crippen LogP contribution in [0.1, 0.15) is 45.4 Å². The fourth-order valence-electron chi connectivity index (χ4n) is 2.86. The van der Waals surface area contributed by atoms with E-state index in [1.165, 1.54) is 32.1 Å². The van der Waals surface area contributed by atoms with Gasteiger partial charge in [0.05, 0.1) is 6.10 Å². The highest BCUT2D eigenvalue weighted by atomic mass is 16.5. The monoisotopic (exact) mass is 197 g/mol. The van der Waals surface area contributed by atoms with E-state index in [9.17, 15) is 0 Å². The molecule has 82 valence electrons. The van der Waals surface area contributed by atoms with Crippen LogP contribution in [-0.4, -0.2) is 18.8 Å². The summed E-state index contributed by atoms with van der Waals surface area (Å²) in [7, 11) is 0. The number of rotatable bonds is 4. The first-order valence-electron chi connectivity index (χ1n) is 6.18. The Hall–Kier alpha value is -0.0800. The first-order valence-corrected chi connectivity index (χ1v) is 6.18. The fraction of sp³-hybridized carbons (Fsp3) is 1.00. The van der Waals surface area contributed by atoms with E-state index in [0.717, 1.165) is 18.9 Å². The largest absolute Gasteiger partial charge is 0.378 e. The normalized spacial score (nSPS) is 35.6. The Morgan fingerprint density at radius 3 is 2.71 bits per heavy atom. The molecule has 1 heterocycles. The lowest BCUT2D eigenvalue weighted by atomic mass is 9.77. The second-order valence-electron chi connectivity index (χ2n) is 4.97. The zero-order valence-electron chi connectivity index (χ0n) is 9.24. The molecule has 3 atom stereocenters. The van der Waals surface area contributed by atoms with Gasteiger partial charge in [0.2, 0.25) is 0 Å². The topological polar surface area (TPSA) is 35.2 Å². The molecule has 0 radical (unpaired) electrons. The molecule has 1 aliphatic carbocycles. The van der Waals surface area contributed by atoms with Crippen molar-refractivity contribution in [2.45, 2.75) is 57.6 Å². The summed E-state index contributed by atoms with van der Waals surface area (Å²) in [6, 6.07) is 0.396. The lowest BCUT2D eigenvalue weighted by molar-refractivity contribution is 0.0768. The lowest BCUT2D eigenvalue weighted by Gasteiger charge is -2.31. The van der Waals surface area contributed by atoms with E-state index in [0.29, 0.717) is 18.1 Å². The minimum absolute atomic E-state index is 0.396. The van der Waals surface area contributed by atoms with Gasteiger partial charge in [-0.3, -0.25) is 0 Å². The zero-order valence-corrected chi connectivity index (χ0v) is 9.24. The molecule has 2 fully saturated rings. The zero-order chi connectivity index (χ0) is 9.97. The van der Waals surface area contributed by atoms with Gasteiger partial charge in [-0.15, -0.1) is 0 Å². The molecule has 2 rings (SSSR count). The predicted octanol–water partition coefficient (Wildman–Crippen LogP) is 2.32. The van der Waals surface area contributed by atoms with Crippen LogP contribution in [0, 0.1) is 11.8 Å². The number of ether oxygens (including phenoxy) is 1. The molecule has 3 unspecified atom stereocenters. The van der Waals surface area contributed by atoms with Crippen molar-refractivity contribution in [1.82, 2.24) is 0 Å². The number of nitrogens with two attached hydrogens (primary N) is 1. The Balaban J connectivity index is 1.79. The molecule has 14 heavy (non-hydrogen) atoms. The van der Waals surface area contributed by atoms with Crippen LogP contribution in [0.5, 0.6) is 0 Å². The summed E-state index contributed by atoms with van der Waals surface area (Å²) in [5.74, 6) is 1.57. The Morgan fingerprint density at radius 2 is 2.14 bits per heavy atom. The van der Waals surface area contributed by atoms with Crippen molar-refractivity contribution in [3.63, 3.8) is 0 Å². The molecule has 0 aromatic rings. The third kappa shape index (κ3) is 2.12. The van der Waals surface area contributed by atoms with Crippen molar-refractivity contribution in [2.75, 3.05) is 6.61 Å². The second-order valence-corrected chi connectivity index (χ2v) is 4.97. The highest BCUT2D eigenvalue weighted by Crippen LogP contribution is 2.34. The maximum atomic E-state index is 6.28. The van der Waals surface area contributed by atoms with Crippen molar-refractivity contribution in [2.24, 2.45) is 17.6 Å². The van der Waals surface area contributed by atoms with Gasteiger partial charge in [0.15, 0.2) is 0 Å². The molecule has 1 aliphatic heterocycles. The summed E-state index contributed by atoms with van der Waals surface area (Å²) in [5, 5.41) is 0. The van der Waals surface area contributed by atoms with Crippen LogP contribution in [0.15, 0.2) is 0 Å². The quantitative estimate of drug-likeness (QED) is 0.750. The molecule has 0 amide bonds. The average molecular weight is 197 g/mol. The van der Waals surface area contributed by atoms with Crippen LogP contribution >= 0.6 is 0 Å². The van der Waals surface area contributed by atoms with Crippen LogP contribution in [0.3, 0.4) is 0 Å². The molecule has 1 saturated carbocycles. The van der Waals surface area contributed by atoms with E-state index in [-0.39, 0.29) is 0 Å². The maximum Gasteiger partial charge on any atom is 0.0616 e. The van der Waals surface area contributed by atoms with Crippen molar-refractivity contribution >= 4 is 0 Å². The molecule has 1 saturated heterocycles. The molecular formula is C12H23NO. The summed E-state index contributed by atoms with van der Waals surface area (Å²) in [6.45, 7) is 3.14. The standard InChI is InChI=1S/C12H23NO/c1-2-12-10(6-7-14-12)11(13)8-9-4-3-5-9/h9-12H,2-8,13H2,1H3. The molecule has 0 aromatic carbocycles. The van der Waals surface area contributed by atoms with Gasteiger partial charge in [0.25, 0.3) is 0 Å². The van der Waals surface area contributed by atoms with Crippen LogP contribution in [0.2, 0.25) is 0 Å². The van der Waals surface area contributed by atoms with Crippen molar-refractivity contribution in [1.29, 1.82) is 0 Å². The van der Waals surface area contributed by atoms with E-state index in [4.69, 9.17) is 10.5 Å². The van der Waals surface area contributed by atoms with E-state index >= 15 is 0 Å². The number of hydrogen-bond acceptors (Lipinski definition) is 2. The maximum absolute atomic E-state index is 6.28. The summed E-state index contributed by atoms with van der Waals surface area (Å²) in [5.41, 5.74) is 6.28. The molecule has 0 aromatic heterocycles. The van der Waals surface area contributed by atoms with Gasteiger partial charge in [-0.25, -0.2) is 0 Å². The highest BCUT2D eigenvalue weighted by molar-refractivity contribution is 4.86. The van der Waals surface area contributed by atoms with Crippen LogP contribution in [0.4, 0.5) is 0 Å². The van der Waals surface area contributed by atoms with Crippen molar-refractivity contribution in [3.05, 3.63) is 0 Å². The van der Waals surface area contributed by atoms with E-state index < -0.39 is 0 Å². The molecule has 2 nitrogen and oxygen atoms in total. The minimum atomic E-state index is 0.396. The smallest absolute Gasteiger partial charge is 0.0616 e. The van der Waals surface area contributed by atoms with Gasteiger partial charge >= 0.3 is 0 Å². The van der Waals surface area contributed by atoms with Gasteiger partial charge in [-0.2, -0.15) is 0 Å². The Kier molecular flexibility index (Phi) is 3.45. The van der Waals surface area contributed by atoms with Gasteiger partial charge in [0, 0.05) is 18.6 Å². The highest BCUT2D eigenvalue weighted by Gasteiger charge is 2.33. The van der Waals surface area contributed by atoms with E-state index in [1.807, 2.05) is 0 Å². The molecule has 2 aliphatic rings. The van der Waals surface area contributed by atoms with Gasteiger partial charge in [0.1, 0.15) is 0 Å². The Labute approximate surface area is 87.2 Å². The summed E-state index contributed by atoms with van der Waals surface area (Å²) < 4.78 is 5.69. The van der Waals surface area contributed by atoms with Crippen LogP contribution in [0.25, 0.3) is 0 Å². The fourth-order valence-corrected chi connectivity index (χ4v) is 2.86. The Bertz CT molecular complexity index is 179. The minimum Gasteiger partial charge on any atom is -0.378 e. The van der Waals surface area contributed by atoms with Crippen LogP contribution < -0.4 is 5.73 Å². The second kappa shape index (κ2) is 4.63. The molecule has 2 heteroatoms. The third-order valence-corrected chi connectivity index (χ3v) is 4.04. The Morgan fingerprint density at radius 1 is 1.36 bits per heavy atom. The van der Waals surface area contributed by atoms with Gasteiger partial charge in [-0.05, 0) is 25.2 Å². The molecular weight excluding hydrogens is 174 g/mol. The summed E-state index contributed by atoms with van der Waals surface area (Å²) >= 11 is 0. The first kappa shape index (κ1) is 10.4. The van der Waals surface area contributed by atoms with Crippen molar-refractivity contribution in [3.8, 4) is 0 Å². The summed E-state index contributed by atoms with van der Waals surface area (Å²) in [4.78, 5) is 0. The number of hydrogen-bond donors (Lipinski definition) is 1. The average Bonchev–Trinajstić information content (AvgIpc) is 2.58. The lowest BCUT2D eigenvalue weighted by Crippen LogP contribution is -2.37. The van der Waals surface area contributed by atoms with Gasteiger partial charge in [-0.1, -0.05) is 26.2 Å². The summed E-state index contributed by atoms with van der Waals surface area (Å²) in [6.07, 6.45) is 8.26.